The second kappa shape index (κ2) is 4.71. The predicted molar refractivity (Wildman–Crippen MR) is 71.0 cm³/mol. The fourth-order valence-corrected chi connectivity index (χ4v) is 2.22. The van der Waals surface area contributed by atoms with Crippen molar-refractivity contribution in [1.82, 2.24) is 0 Å². The summed E-state index contributed by atoms with van der Waals surface area (Å²) in [6, 6.07) is 16.4. The summed E-state index contributed by atoms with van der Waals surface area (Å²) in [6.45, 7) is 4.39. The summed E-state index contributed by atoms with van der Waals surface area (Å²) in [5, 5.41) is 0.831. The Hall–Kier alpha value is -1.27. The smallest absolute Gasteiger partial charge is 0.0487 e. The first-order chi connectivity index (χ1) is 7.70. The maximum Gasteiger partial charge on any atom is 0.0487 e. The van der Waals surface area contributed by atoms with Gasteiger partial charge in [-0.15, -0.1) is 0 Å². The molecule has 0 heterocycles. The Morgan fingerprint density at radius 2 is 1.56 bits per heavy atom. The van der Waals surface area contributed by atoms with Gasteiger partial charge in [0.15, 0.2) is 0 Å². The van der Waals surface area contributed by atoms with Gasteiger partial charge < -0.3 is 0 Å². The van der Waals surface area contributed by atoms with Crippen LogP contribution in [-0.2, 0) is 0 Å². The Morgan fingerprint density at radius 1 is 0.875 bits per heavy atom. The maximum atomic E-state index is 6.31. The minimum Gasteiger partial charge on any atom is -0.0837 e. The molecule has 0 aliphatic carbocycles. The molecule has 0 nitrogen and oxygen atoms in total. The molecule has 2 aromatic rings. The summed E-state index contributed by atoms with van der Waals surface area (Å²) < 4.78 is 0. The van der Waals surface area contributed by atoms with E-state index in [0.717, 1.165) is 5.02 Å². The van der Waals surface area contributed by atoms with E-state index in [9.17, 15) is 0 Å². The summed E-state index contributed by atoms with van der Waals surface area (Å²) in [5.74, 6) is 0.480. The quantitative estimate of drug-likeness (QED) is 0.671. The molecule has 2 aromatic carbocycles. The van der Waals surface area contributed by atoms with Crippen molar-refractivity contribution in [3.05, 3.63) is 59.1 Å². The van der Waals surface area contributed by atoms with E-state index in [1.807, 2.05) is 30.3 Å². The van der Waals surface area contributed by atoms with E-state index in [4.69, 9.17) is 11.6 Å². The van der Waals surface area contributed by atoms with Crippen molar-refractivity contribution in [1.29, 1.82) is 0 Å². The molecule has 0 fully saturated rings. The molecule has 0 spiro atoms. The standard InChI is InChI=1S/C15H15Cl/c1-11(2)13-9-6-10-14(16)15(13)12-7-4-3-5-8-12/h3-11H,1-2H3. The Balaban J connectivity index is 2.64. The lowest BCUT2D eigenvalue weighted by Crippen LogP contribution is -1.92. The second-order valence-corrected chi connectivity index (χ2v) is 4.63. The van der Waals surface area contributed by atoms with Crippen molar-refractivity contribution in [3.63, 3.8) is 0 Å². The highest BCUT2D eigenvalue weighted by atomic mass is 35.5. The molecular formula is C15H15Cl. The van der Waals surface area contributed by atoms with E-state index in [-0.39, 0.29) is 0 Å². The number of rotatable bonds is 2. The maximum absolute atomic E-state index is 6.31. The van der Waals surface area contributed by atoms with Crippen molar-refractivity contribution in [3.8, 4) is 11.1 Å². The fourth-order valence-electron chi connectivity index (χ4n) is 1.93. The third-order valence-electron chi connectivity index (χ3n) is 2.73. The summed E-state index contributed by atoms with van der Waals surface area (Å²) in [5.41, 5.74) is 3.66. The zero-order valence-electron chi connectivity index (χ0n) is 9.57. The highest BCUT2D eigenvalue weighted by molar-refractivity contribution is 6.33. The molecule has 0 unspecified atom stereocenters. The van der Waals surface area contributed by atoms with Crippen molar-refractivity contribution >= 4 is 11.6 Å². The number of benzene rings is 2. The van der Waals surface area contributed by atoms with Crippen molar-refractivity contribution < 1.29 is 0 Å². The average Bonchev–Trinajstić information content (AvgIpc) is 2.29. The lowest BCUT2D eigenvalue weighted by atomic mass is 9.93. The molecule has 0 amide bonds. The van der Waals surface area contributed by atoms with Gasteiger partial charge >= 0.3 is 0 Å². The van der Waals surface area contributed by atoms with Crippen LogP contribution >= 0.6 is 11.6 Å². The Bertz CT molecular complexity index is 472. The topological polar surface area (TPSA) is 0 Å². The van der Waals surface area contributed by atoms with Crippen LogP contribution in [0.5, 0.6) is 0 Å². The van der Waals surface area contributed by atoms with Gasteiger partial charge in [-0.2, -0.15) is 0 Å². The Morgan fingerprint density at radius 3 is 2.19 bits per heavy atom. The minimum absolute atomic E-state index is 0.480. The number of hydrogen-bond donors (Lipinski definition) is 0. The van der Waals surface area contributed by atoms with Gasteiger partial charge in [-0.1, -0.05) is 67.9 Å². The Labute approximate surface area is 102 Å². The van der Waals surface area contributed by atoms with Gasteiger partial charge in [-0.05, 0) is 23.1 Å². The molecule has 0 aliphatic rings. The van der Waals surface area contributed by atoms with Crippen LogP contribution in [0, 0.1) is 0 Å². The fraction of sp³-hybridized carbons (Fsp3) is 0.200. The predicted octanol–water partition coefficient (Wildman–Crippen LogP) is 5.13. The summed E-state index contributed by atoms with van der Waals surface area (Å²) in [7, 11) is 0. The monoisotopic (exact) mass is 230 g/mol. The van der Waals surface area contributed by atoms with E-state index in [0.29, 0.717) is 5.92 Å². The first-order valence-corrected chi connectivity index (χ1v) is 5.92. The molecule has 0 aliphatic heterocycles. The molecule has 0 saturated heterocycles. The molecule has 2 rings (SSSR count). The molecule has 82 valence electrons. The van der Waals surface area contributed by atoms with Crippen LogP contribution in [0.2, 0.25) is 5.02 Å². The molecule has 1 heteroatoms. The zero-order chi connectivity index (χ0) is 11.5. The van der Waals surface area contributed by atoms with Crippen molar-refractivity contribution in [2.45, 2.75) is 19.8 Å². The molecule has 0 saturated carbocycles. The third-order valence-corrected chi connectivity index (χ3v) is 3.05. The van der Waals surface area contributed by atoms with Gasteiger partial charge in [0.05, 0.1) is 0 Å². The molecule has 0 radical (unpaired) electrons. The number of hydrogen-bond acceptors (Lipinski definition) is 0. The lowest BCUT2D eigenvalue weighted by molar-refractivity contribution is 0.869. The normalized spacial score (nSPS) is 10.8. The molecular weight excluding hydrogens is 216 g/mol. The van der Waals surface area contributed by atoms with Crippen LogP contribution in [0.15, 0.2) is 48.5 Å². The first kappa shape index (κ1) is 11.2. The largest absolute Gasteiger partial charge is 0.0837 e. The van der Waals surface area contributed by atoms with Crippen LogP contribution in [0.1, 0.15) is 25.3 Å². The second-order valence-electron chi connectivity index (χ2n) is 4.22. The highest BCUT2D eigenvalue weighted by Crippen LogP contribution is 2.34. The van der Waals surface area contributed by atoms with Crippen LogP contribution in [0.4, 0.5) is 0 Å². The summed E-state index contributed by atoms with van der Waals surface area (Å²) in [4.78, 5) is 0. The van der Waals surface area contributed by atoms with E-state index >= 15 is 0 Å². The molecule has 0 bridgehead atoms. The van der Waals surface area contributed by atoms with Crippen molar-refractivity contribution in [2.24, 2.45) is 0 Å². The van der Waals surface area contributed by atoms with Gasteiger partial charge in [0.2, 0.25) is 0 Å². The van der Waals surface area contributed by atoms with Crippen LogP contribution in [0.25, 0.3) is 11.1 Å². The van der Waals surface area contributed by atoms with E-state index in [2.05, 4.69) is 32.0 Å². The molecule has 0 aromatic heterocycles. The van der Waals surface area contributed by atoms with Gasteiger partial charge in [-0.25, -0.2) is 0 Å². The van der Waals surface area contributed by atoms with Crippen LogP contribution < -0.4 is 0 Å². The van der Waals surface area contributed by atoms with E-state index in [1.54, 1.807) is 0 Å². The van der Waals surface area contributed by atoms with Gasteiger partial charge in [0.25, 0.3) is 0 Å². The summed E-state index contributed by atoms with van der Waals surface area (Å²) >= 11 is 6.31. The van der Waals surface area contributed by atoms with Gasteiger partial charge in [-0.3, -0.25) is 0 Å². The summed E-state index contributed by atoms with van der Waals surface area (Å²) in [6.07, 6.45) is 0. The zero-order valence-corrected chi connectivity index (χ0v) is 10.3. The number of halogens is 1. The molecule has 16 heavy (non-hydrogen) atoms. The van der Waals surface area contributed by atoms with E-state index < -0.39 is 0 Å². The lowest BCUT2D eigenvalue weighted by Gasteiger charge is -2.14. The average molecular weight is 231 g/mol. The highest BCUT2D eigenvalue weighted by Gasteiger charge is 2.11. The van der Waals surface area contributed by atoms with Crippen molar-refractivity contribution in [2.75, 3.05) is 0 Å². The van der Waals surface area contributed by atoms with Gasteiger partial charge in [0, 0.05) is 10.6 Å². The van der Waals surface area contributed by atoms with Crippen LogP contribution in [-0.4, -0.2) is 0 Å². The van der Waals surface area contributed by atoms with E-state index in [1.165, 1.54) is 16.7 Å². The van der Waals surface area contributed by atoms with Crippen LogP contribution in [0.3, 0.4) is 0 Å². The van der Waals surface area contributed by atoms with Gasteiger partial charge in [0.1, 0.15) is 0 Å². The molecule has 0 N–H and O–H groups in total. The molecule has 0 atom stereocenters. The third kappa shape index (κ3) is 2.12. The first-order valence-electron chi connectivity index (χ1n) is 5.54. The SMILES string of the molecule is CC(C)c1cccc(Cl)c1-c1ccccc1. The Kier molecular flexibility index (Phi) is 3.31. The minimum atomic E-state index is 0.480.